The molecule has 1 saturated heterocycles. The summed E-state index contributed by atoms with van der Waals surface area (Å²) in [7, 11) is 1.57. The van der Waals surface area contributed by atoms with E-state index in [-0.39, 0.29) is 16.7 Å². The molecule has 0 aliphatic carbocycles. The molecule has 3 aromatic carbocycles. The molecule has 4 rings (SSSR count). The van der Waals surface area contributed by atoms with Crippen LogP contribution in [0.3, 0.4) is 0 Å². The van der Waals surface area contributed by atoms with Crippen LogP contribution in [0.4, 0.5) is 5.69 Å². The van der Waals surface area contributed by atoms with Crippen LogP contribution in [0.25, 0.3) is 5.76 Å². The Hall–Kier alpha value is -3.86. The van der Waals surface area contributed by atoms with E-state index in [0.717, 1.165) is 22.3 Å². The minimum Gasteiger partial charge on any atom is -0.507 e. The number of benzene rings is 3. The summed E-state index contributed by atoms with van der Waals surface area (Å²) in [6.07, 6.45) is 0. The Labute approximate surface area is 213 Å². The molecule has 0 bridgehead atoms. The first-order valence-corrected chi connectivity index (χ1v) is 12.1. The number of methoxy groups -OCH3 is 1. The molecule has 3 aromatic rings. The quantitative estimate of drug-likeness (QED) is 0.260. The van der Waals surface area contributed by atoms with Gasteiger partial charge in [0.15, 0.2) is 0 Å². The van der Waals surface area contributed by atoms with Gasteiger partial charge in [-0.15, -0.1) is 0 Å². The standard InChI is InChI=1S/C31H33NO4/c1-18-11-14-25(20(3)15-18)32-27(21-9-8-10-23(16-21)36-7)26(29(34)30(32)35)28(33)24-17-22(31(4,5)6)13-12-19(24)2/h8-17,27,33H,1-7H3/b28-26+. The summed E-state index contributed by atoms with van der Waals surface area (Å²) in [4.78, 5) is 28.6. The summed E-state index contributed by atoms with van der Waals surface area (Å²) in [6, 6.07) is 18.1. The van der Waals surface area contributed by atoms with Gasteiger partial charge >= 0.3 is 0 Å². The van der Waals surface area contributed by atoms with Crippen LogP contribution in [-0.4, -0.2) is 23.9 Å². The molecule has 1 amide bonds. The van der Waals surface area contributed by atoms with Crippen molar-refractivity contribution < 1.29 is 19.4 Å². The molecule has 36 heavy (non-hydrogen) atoms. The number of carbonyl (C=O) groups is 2. The lowest BCUT2D eigenvalue weighted by atomic mass is 9.84. The van der Waals surface area contributed by atoms with Gasteiger partial charge in [-0.05, 0) is 72.7 Å². The van der Waals surface area contributed by atoms with Gasteiger partial charge < -0.3 is 9.84 Å². The molecule has 1 atom stereocenters. The Morgan fingerprint density at radius 2 is 1.64 bits per heavy atom. The van der Waals surface area contributed by atoms with E-state index in [4.69, 9.17) is 4.74 Å². The molecule has 1 N–H and O–H groups in total. The van der Waals surface area contributed by atoms with Crippen LogP contribution in [0.2, 0.25) is 0 Å². The molecule has 1 aliphatic rings. The second kappa shape index (κ2) is 9.30. The summed E-state index contributed by atoms with van der Waals surface area (Å²) in [5.41, 5.74) is 5.56. The third-order valence-corrected chi connectivity index (χ3v) is 6.82. The van der Waals surface area contributed by atoms with Gasteiger partial charge in [0, 0.05) is 11.3 Å². The summed E-state index contributed by atoms with van der Waals surface area (Å²) in [5, 5.41) is 11.7. The minimum absolute atomic E-state index is 0.0717. The molecule has 186 valence electrons. The maximum atomic E-state index is 13.6. The number of aliphatic hydroxyl groups excluding tert-OH is 1. The van der Waals surface area contributed by atoms with Crippen LogP contribution < -0.4 is 9.64 Å². The van der Waals surface area contributed by atoms with E-state index in [9.17, 15) is 14.7 Å². The highest BCUT2D eigenvalue weighted by atomic mass is 16.5. The summed E-state index contributed by atoms with van der Waals surface area (Å²) < 4.78 is 5.43. The van der Waals surface area contributed by atoms with Gasteiger partial charge in [-0.1, -0.05) is 62.7 Å². The number of carbonyl (C=O) groups excluding carboxylic acids is 2. The topological polar surface area (TPSA) is 66.8 Å². The first kappa shape index (κ1) is 25.2. The molecule has 5 heteroatoms. The zero-order chi connectivity index (χ0) is 26.4. The number of hydrogen-bond acceptors (Lipinski definition) is 4. The smallest absolute Gasteiger partial charge is 0.300 e. The Morgan fingerprint density at radius 1 is 0.917 bits per heavy atom. The first-order valence-electron chi connectivity index (χ1n) is 12.1. The fourth-order valence-corrected chi connectivity index (χ4v) is 4.77. The van der Waals surface area contributed by atoms with Gasteiger partial charge in [-0.3, -0.25) is 14.5 Å². The van der Waals surface area contributed by atoms with Gasteiger partial charge in [-0.2, -0.15) is 0 Å². The number of aryl methyl sites for hydroxylation is 3. The lowest BCUT2D eigenvalue weighted by Crippen LogP contribution is -2.30. The molecule has 0 saturated carbocycles. The van der Waals surface area contributed by atoms with Gasteiger partial charge in [-0.25, -0.2) is 0 Å². The maximum Gasteiger partial charge on any atom is 0.300 e. The van der Waals surface area contributed by atoms with E-state index in [2.05, 4.69) is 20.8 Å². The predicted octanol–water partition coefficient (Wildman–Crippen LogP) is 6.54. The van der Waals surface area contributed by atoms with Crippen molar-refractivity contribution in [3.63, 3.8) is 0 Å². The van der Waals surface area contributed by atoms with Crippen LogP contribution in [0, 0.1) is 20.8 Å². The highest BCUT2D eigenvalue weighted by molar-refractivity contribution is 6.51. The highest BCUT2D eigenvalue weighted by Gasteiger charge is 2.47. The second-order valence-corrected chi connectivity index (χ2v) is 10.5. The number of rotatable bonds is 4. The molecule has 1 unspecified atom stereocenters. The van der Waals surface area contributed by atoms with E-state index in [1.165, 1.54) is 4.90 Å². The van der Waals surface area contributed by atoms with Gasteiger partial charge in [0.25, 0.3) is 11.7 Å². The molecular weight excluding hydrogens is 450 g/mol. The monoisotopic (exact) mass is 483 g/mol. The molecule has 0 aromatic heterocycles. The van der Waals surface area contributed by atoms with Gasteiger partial charge in [0.05, 0.1) is 18.7 Å². The molecule has 5 nitrogen and oxygen atoms in total. The van der Waals surface area contributed by atoms with E-state index in [0.29, 0.717) is 22.6 Å². The maximum absolute atomic E-state index is 13.6. The summed E-state index contributed by atoms with van der Waals surface area (Å²) in [6.45, 7) is 12.1. The highest BCUT2D eigenvalue weighted by Crippen LogP contribution is 2.44. The van der Waals surface area contributed by atoms with Crippen LogP contribution >= 0.6 is 0 Å². The Morgan fingerprint density at radius 3 is 2.28 bits per heavy atom. The molecule has 1 heterocycles. The number of nitrogens with zero attached hydrogens (tertiary/aromatic N) is 1. The molecular formula is C31H33NO4. The molecule has 1 fully saturated rings. The van der Waals surface area contributed by atoms with Crippen LogP contribution in [-0.2, 0) is 15.0 Å². The van der Waals surface area contributed by atoms with Crippen molar-refractivity contribution in [3.8, 4) is 5.75 Å². The predicted molar refractivity (Wildman–Crippen MR) is 144 cm³/mol. The van der Waals surface area contributed by atoms with Gasteiger partial charge in [0.1, 0.15) is 11.5 Å². The van der Waals surface area contributed by atoms with Gasteiger partial charge in [0.2, 0.25) is 0 Å². The summed E-state index contributed by atoms with van der Waals surface area (Å²) >= 11 is 0. The van der Waals surface area contributed by atoms with Crippen LogP contribution in [0.1, 0.15) is 60.2 Å². The van der Waals surface area contributed by atoms with Crippen molar-refractivity contribution in [2.75, 3.05) is 12.0 Å². The lowest BCUT2D eigenvalue weighted by Gasteiger charge is -2.27. The molecule has 1 aliphatic heterocycles. The second-order valence-electron chi connectivity index (χ2n) is 10.5. The number of anilines is 1. The SMILES string of the molecule is COc1cccc(C2/C(=C(\O)c3cc(C(C)(C)C)ccc3C)C(=O)C(=O)N2c2ccc(C)cc2C)c1. The third-order valence-electron chi connectivity index (χ3n) is 6.82. The number of hydrogen-bond donors (Lipinski definition) is 1. The first-order chi connectivity index (χ1) is 16.9. The number of ether oxygens (including phenoxy) is 1. The average molecular weight is 484 g/mol. The Balaban J connectivity index is 2.01. The van der Waals surface area contributed by atoms with Crippen molar-refractivity contribution in [2.45, 2.75) is 53.0 Å². The zero-order valence-corrected chi connectivity index (χ0v) is 22.0. The van der Waals surface area contributed by atoms with Crippen molar-refractivity contribution in [2.24, 2.45) is 0 Å². The Bertz CT molecular complexity index is 1390. The third kappa shape index (κ3) is 4.41. The van der Waals surface area contributed by atoms with Crippen LogP contribution in [0.5, 0.6) is 5.75 Å². The summed E-state index contributed by atoms with van der Waals surface area (Å²) in [5.74, 6) is -0.941. The normalized spacial score (nSPS) is 17.5. The molecule has 0 spiro atoms. The number of amides is 1. The van der Waals surface area contributed by atoms with Crippen molar-refractivity contribution >= 4 is 23.1 Å². The average Bonchev–Trinajstić information content (AvgIpc) is 3.08. The number of aliphatic hydroxyl groups is 1. The van der Waals surface area contributed by atoms with E-state index in [1.54, 1.807) is 13.2 Å². The lowest BCUT2D eigenvalue weighted by molar-refractivity contribution is -0.132. The van der Waals surface area contributed by atoms with Crippen molar-refractivity contribution in [1.29, 1.82) is 0 Å². The number of Topliss-reactive ketones (excluding diaryl/α,β-unsaturated/α-hetero) is 1. The zero-order valence-electron chi connectivity index (χ0n) is 22.0. The fourth-order valence-electron chi connectivity index (χ4n) is 4.77. The van der Waals surface area contributed by atoms with Crippen LogP contribution in [0.15, 0.2) is 66.2 Å². The largest absolute Gasteiger partial charge is 0.507 e. The van der Waals surface area contributed by atoms with E-state index < -0.39 is 17.7 Å². The van der Waals surface area contributed by atoms with E-state index in [1.807, 2.05) is 75.4 Å². The Kier molecular flexibility index (Phi) is 6.52. The molecule has 0 radical (unpaired) electrons. The van der Waals surface area contributed by atoms with Crippen molar-refractivity contribution in [1.82, 2.24) is 0 Å². The van der Waals surface area contributed by atoms with E-state index >= 15 is 0 Å². The fraction of sp³-hybridized carbons (Fsp3) is 0.290. The number of ketones is 1. The van der Waals surface area contributed by atoms with Crippen molar-refractivity contribution in [3.05, 3.63) is 99.6 Å². The minimum atomic E-state index is -0.806.